The number of rotatable bonds is 5. The maximum absolute atomic E-state index is 13.0. The van der Waals surface area contributed by atoms with Gasteiger partial charge in [0.15, 0.2) is 0 Å². The number of benzene rings is 2. The van der Waals surface area contributed by atoms with E-state index >= 15 is 0 Å². The molecule has 0 saturated heterocycles. The average Bonchev–Trinajstić information content (AvgIpc) is 3.50. The third kappa shape index (κ3) is 3.63. The molecule has 0 spiro atoms. The van der Waals surface area contributed by atoms with E-state index in [9.17, 15) is 19.2 Å². The lowest BCUT2D eigenvalue weighted by Crippen LogP contribution is -2.29. The van der Waals surface area contributed by atoms with Gasteiger partial charge in [0.1, 0.15) is 11.5 Å². The molecular weight excluding hydrogens is 450 g/mol. The topological polar surface area (TPSA) is 120 Å². The van der Waals surface area contributed by atoms with Gasteiger partial charge in [-0.3, -0.25) is 19.3 Å². The highest BCUT2D eigenvalue weighted by molar-refractivity contribution is 6.32. The summed E-state index contributed by atoms with van der Waals surface area (Å²) in [5, 5.41) is 14.6. The van der Waals surface area contributed by atoms with Crippen molar-refractivity contribution in [3.05, 3.63) is 82.6 Å². The Morgan fingerprint density at radius 3 is 2.37 bits per heavy atom. The summed E-state index contributed by atoms with van der Waals surface area (Å²) in [5.41, 5.74) is 2.72. The molecule has 0 aliphatic carbocycles. The molecule has 0 fully saturated rings. The Kier molecular flexibility index (Phi) is 5.17. The zero-order valence-corrected chi connectivity index (χ0v) is 18.8. The van der Waals surface area contributed by atoms with Crippen LogP contribution in [0, 0.1) is 0 Å². The summed E-state index contributed by atoms with van der Waals surface area (Å²) in [6, 6.07) is 14.2. The number of nitrogens with zero attached hydrogens (tertiary/aromatic N) is 3. The van der Waals surface area contributed by atoms with Crippen LogP contribution >= 0.6 is 0 Å². The van der Waals surface area contributed by atoms with Crippen LogP contribution in [0.15, 0.2) is 69.7 Å². The molecule has 9 nitrogen and oxygen atoms in total. The minimum absolute atomic E-state index is 0.111. The SMILES string of the molecule is CCN1C(=O)c2ccc(-c3ccc(/C=C4/C(=O)N(c5ccc(C(=O)O)cc5)N=C4C)o3)cc2C1=O. The van der Waals surface area contributed by atoms with E-state index < -0.39 is 5.97 Å². The smallest absolute Gasteiger partial charge is 0.335 e. The molecule has 2 aromatic carbocycles. The van der Waals surface area contributed by atoms with Crippen LogP contribution in [0.4, 0.5) is 5.69 Å². The Hall–Kier alpha value is -4.79. The Morgan fingerprint density at radius 1 is 0.971 bits per heavy atom. The second-order valence-corrected chi connectivity index (χ2v) is 8.03. The summed E-state index contributed by atoms with van der Waals surface area (Å²) >= 11 is 0. The fourth-order valence-electron chi connectivity index (χ4n) is 4.06. The van der Waals surface area contributed by atoms with Crippen LogP contribution in [0.25, 0.3) is 17.4 Å². The Labute approximate surface area is 199 Å². The number of furan rings is 1. The van der Waals surface area contributed by atoms with Crippen molar-refractivity contribution in [2.24, 2.45) is 5.10 Å². The third-order valence-electron chi connectivity index (χ3n) is 5.91. The van der Waals surface area contributed by atoms with E-state index in [2.05, 4.69) is 5.10 Å². The summed E-state index contributed by atoms with van der Waals surface area (Å²) in [4.78, 5) is 50.1. The molecule has 3 heterocycles. The number of imide groups is 1. The number of hydrazone groups is 1. The molecule has 1 aromatic heterocycles. The zero-order valence-electron chi connectivity index (χ0n) is 18.8. The van der Waals surface area contributed by atoms with Gasteiger partial charge in [-0.25, -0.2) is 4.79 Å². The number of carbonyl (C=O) groups is 4. The monoisotopic (exact) mass is 469 g/mol. The van der Waals surface area contributed by atoms with Gasteiger partial charge in [-0.15, -0.1) is 0 Å². The second-order valence-electron chi connectivity index (χ2n) is 8.03. The maximum atomic E-state index is 13.0. The molecule has 0 atom stereocenters. The molecule has 3 aromatic rings. The van der Waals surface area contributed by atoms with E-state index in [1.807, 2.05) is 0 Å². The van der Waals surface area contributed by atoms with Gasteiger partial charge in [-0.1, -0.05) is 6.07 Å². The second kappa shape index (κ2) is 8.21. The van der Waals surface area contributed by atoms with Crippen LogP contribution in [0.3, 0.4) is 0 Å². The molecule has 1 N–H and O–H groups in total. The number of hydrogen-bond acceptors (Lipinski definition) is 6. The molecule has 3 amide bonds. The number of carbonyl (C=O) groups excluding carboxylic acids is 3. The number of hydrogen-bond donors (Lipinski definition) is 1. The number of aromatic carboxylic acids is 1. The first-order valence-corrected chi connectivity index (χ1v) is 10.8. The standard InChI is InChI=1S/C26H19N3O6/c1-3-28-23(30)19-10-6-16(12-21(19)24(28)31)22-11-9-18(35-22)13-20-14(2)27-29(25(20)32)17-7-4-15(5-8-17)26(33)34/h4-13H,3H2,1-2H3,(H,33,34)/b20-13+. The zero-order chi connectivity index (χ0) is 24.9. The lowest BCUT2D eigenvalue weighted by atomic mass is 10.0. The summed E-state index contributed by atoms with van der Waals surface area (Å²) in [5.74, 6) is -1.16. The molecule has 2 aliphatic heterocycles. The molecular formula is C26H19N3O6. The van der Waals surface area contributed by atoms with Crippen molar-refractivity contribution < 1.29 is 28.7 Å². The van der Waals surface area contributed by atoms with Crippen molar-refractivity contribution in [2.75, 3.05) is 11.6 Å². The van der Waals surface area contributed by atoms with Crippen LogP contribution in [0.2, 0.25) is 0 Å². The summed E-state index contributed by atoms with van der Waals surface area (Å²) in [6.07, 6.45) is 1.58. The molecule has 0 unspecified atom stereocenters. The summed E-state index contributed by atoms with van der Waals surface area (Å²) in [7, 11) is 0. The molecule has 0 bridgehead atoms. The predicted molar refractivity (Wildman–Crippen MR) is 127 cm³/mol. The van der Waals surface area contributed by atoms with Gasteiger partial charge in [0.25, 0.3) is 17.7 Å². The van der Waals surface area contributed by atoms with Crippen molar-refractivity contribution in [1.29, 1.82) is 0 Å². The van der Waals surface area contributed by atoms with E-state index in [4.69, 9.17) is 9.52 Å². The number of fused-ring (bicyclic) bond motifs is 1. The third-order valence-corrected chi connectivity index (χ3v) is 5.91. The first-order chi connectivity index (χ1) is 16.8. The highest BCUT2D eigenvalue weighted by Crippen LogP contribution is 2.31. The van der Waals surface area contributed by atoms with Crippen LogP contribution in [0.1, 0.15) is 50.7 Å². The normalized spacial score (nSPS) is 16.3. The number of carboxylic acid groups (broad SMARTS) is 1. The highest BCUT2D eigenvalue weighted by atomic mass is 16.4. The van der Waals surface area contributed by atoms with Gasteiger partial charge in [0.2, 0.25) is 0 Å². The van der Waals surface area contributed by atoms with Crippen molar-refractivity contribution in [3.63, 3.8) is 0 Å². The van der Waals surface area contributed by atoms with E-state index in [1.165, 1.54) is 34.2 Å². The molecule has 5 rings (SSSR count). The van der Waals surface area contributed by atoms with Gasteiger partial charge in [0, 0.05) is 12.1 Å². The van der Waals surface area contributed by atoms with Crippen LogP contribution in [-0.2, 0) is 4.79 Å². The molecule has 174 valence electrons. The minimum Gasteiger partial charge on any atom is -0.478 e. The first-order valence-electron chi connectivity index (χ1n) is 10.8. The van der Waals surface area contributed by atoms with Crippen LogP contribution in [0.5, 0.6) is 0 Å². The van der Waals surface area contributed by atoms with Gasteiger partial charge in [-0.2, -0.15) is 10.1 Å². The maximum Gasteiger partial charge on any atom is 0.335 e. The minimum atomic E-state index is -1.06. The van der Waals surface area contributed by atoms with Crippen LogP contribution < -0.4 is 5.01 Å². The summed E-state index contributed by atoms with van der Waals surface area (Å²) in [6.45, 7) is 3.74. The Morgan fingerprint density at radius 2 is 1.69 bits per heavy atom. The average molecular weight is 469 g/mol. The van der Waals surface area contributed by atoms with Gasteiger partial charge < -0.3 is 9.52 Å². The molecule has 9 heteroatoms. The molecule has 0 radical (unpaired) electrons. The fraction of sp³-hybridized carbons (Fsp3) is 0.115. The fourth-order valence-corrected chi connectivity index (χ4v) is 4.06. The van der Waals surface area contributed by atoms with Gasteiger partial charge >= 0.3 is 5.97 Å². The van der Waals surface area contributed by atoms with Gasteiger partial charge in [0.05, 0.1) is 33.7 Å². The lowest BCUT2D eigenvalue weighted by molar-refractivity contribution is -0.114. The van der Waals surface area contributed by atoms with Crippen molar-refractivity contribution in [2.45, 2.75) is 13.8 Å². The highest BCUT2D eigenvalue weighted by Gasteiger charge is 2.34. The van der Waals surface area contributed by atoms with Crippen molar-refractivity contribution >= 4 is 41.2 Å². The Balaban J connectivity index is 1.40. The molecule has 0 saturated carbocycles. The Bertz CT molecular complexity index is 1480. The predicted octanol–water partition coefficient (Wildman–Crippen LogP) is 4.07. The van der Waals surface area contributed by atoms with Gasteiger partial charge in [-0.05, 0) is 68.5 Å². The molecule has 2 aliphatic rings. The molecule has 35 heavy (non-hydrogen) atoms. The number of amides is 3. The van der Waals surface area contributed by atoms with E-state index in [0.717, 1.165) is 0 Å². The lowest BCUT2D eigenvalue weighted by Gasteiger charge is -2.11. The van der Waals surface area contributed by atoms with E-state index in [1.54, 1.807) is 50.3 Å². The number of carboxylic acids is 1. The first kappa shape index (κ1) is 22.0. The quantitative estimate of drug-likeness (QED) is 0.444. The summed E-state index contributed by atoms with van der Waals surface area (Å²) < 4.78 is 5.91. The van der Waals surface area contributed by atoms with E-state index in [-0.39, 0.29) is 23.3 Å². The van der Waals surface area contributed by atoms with E-state index in [0.29, 0.717) is 51.7 Å². The van der Waals surface area contributed by atoms with Crippen LogP contribution in [-0.4, -0.2) is 46.0 Å². The van der Waals surface area contributed by atoms with Crippen molar-refractivity contribution in [3.8, 4) is 11.3 Å². The van der Waals surface area contributed by atoms with Crippen molar-refractivity contribution in [1.82, 2.24) is 4.90 Å². The number of anilines is 1. The largest absolute Gasteiger partial charge is 0.478 e.